The standard InChI is InChI=1S/C5H8N2O2S/c1-5(6)3(4(8)9)10-2-7-5/h2-3H,6H2,1H3,(H,8,9). The quantitative estimate of drug-likeness (QED) is 0.561. The molecule has 0 aromatic heterocycles. The zero-order valence-corrected chi connectivity index (χ0v) is 6.26. The van der Waals surface area contributed by atoms with Crippen molar-refractivity contribution in [3.8, 4) is 0 Å². The lowest BCUT2D eigenvalue weighted by molar-refractivity contribution is -0.137. The topological polar surface area (TPSA) is 75.7 Å². The zero-order valence-electron chi connectivity index (χ0n) is 5.44. The molecule has 1 rings (SSSR count). The Kier molecular flexibility index (Phi) is 1.70. The summed E-state index contributed by atoms with van der Waals surface area (Å²) >= 11 is 1.14. The van der Waals surface area contributed by atoms with Crippen molar-refractivity contribution in [3.63, 3.8) is 0 Å². The number of hydrogen-bond acceptors (Lipinski definition) is 4. The van der Waals surface area contributed by atoms with E-state index in [-0.39, 0.29) is 0 Å². The molecule has 1 aliphatic rings. The molecule has 0 bridgehead atoms. The van der Waals surface area contributed by atoms with Gasteiger partial charge < -0.3 is 10.8 Å². The molecule has 4 nitrogen and oxygen atoms in total. The summed E-state index contributed by atoms with van der Waals surface area (Å²) in [4.78, 5) is 14.2. The molecule has 0 saturated heterocycles. The van der Waals surface area contributed by atoms with Crippen LogP contribution in [-0.4, -0.2) is 27.5 Å². The van der Waals surface area contributed by atoms with Gasteiger partial charge in [0.05, 0.1) is 5.55 Å². The third kappa shape index (κ3) is 1.15. The summed E-state index contributed by atoms with van der Waals surface area (Å²) in [5.74, 6) is -0.910. The first kappa shape index (κ1) is 7.56. The minimum atomic E-state index is -0.934. The van der Waals surface area contributed by atoms with Gasteiger partial charge in [-0.15, -0.1) is 0 Å². The summed E-state index contributed by atoms with van der Waals surface area (Å²) in [6.45, 7) is 1.60. The van der Waals surface area contributed by atoms with Crippen LogP contribution >= 0.6 is 11.8 Å². The van der Waals surface area contributed by atoms with Crippen LogP contribution in [0.3, 0.4) is 0 Å². The van der Waals surface area contributed by atoms with Crippen molar-refractivity contribution in [1.29, 1.82) is 0 Å². The molecular weight excluding hydrogens is 152 g/mol. The highest BCUT2D eigenvalue weighted by Crippen LogP contribution is 2.27. The second kappa shape index (κ2) is 2.25. The minimum Gasteiger partial charge on any atom is -0.480 e. The van der Waals surface area contributed by atoms with Crippen LogP contribution in [0.1, 0.15) is 6.92 Å². The Morgan fingerprint density at radius 1 is 2.00 bits per heavy atom. The molecule has 5 heteroatoms. The number of nitrogens with two attached hydrogens (primary N) is 1. The van der Waals surface area contributed by atoms with Crippen LogP contribution in [0, 0.1) is 0 Å². The van der Waals surface area contributed by atoms with Crippen molar-refractivity contribution in [1.82, 2.24) is 0 Å². The molecule has 0 spiro atoms. The second-order valence-corrected chi connectivity index (χ2v) is 3.27. The Bertz CT molecular complexity index is 190. The number of carboxylic acids is 1. The molecule has 0 aromatic carbocycles. The van der Waals surface area contributed by atoms with Crippen molar-refractivity contribution in [3.05, 3.63) is 0 Å². The fraction of sp³-hybridized carbons (Fsp3) is 0.600. The third-order valence-corrected chi connectivity index (χ3v) is 2.46. The van der Waals surface area contributed by atoms with Crippen LogP contribution in [0.15, 0.2) is 4.99 Å². The average molecular weight is 160 g/mol. The second-order valence-electron chi connectivity index (χ2n) is 2.31. The lowest BCUT2D eigenvalue weighted by atomic mass is 10.1. The third-order valence-electron chi connectivity index (χ3n) is 1.28. The van der Waals surface area contributed by atoms with Gasteiger partial charge >= 0.3 is 5.97 Å². The van der Waals surface area contributed by atoms with Crippen LogP contribution in [-0.2, 0) is 4.79 Å². The molecule has 0 aliphatic carbocycles. The highest BCUT2D eigenvalue weighted by Gasteiger charge is 2.39. The number of carbonyl (C=O) groups is 1. The summed E-state index contributed by atoms with van der Waals surface area (Å²) in [6, 6.07) is 0. The number of nitrogens with zero attached hydrogens (tertiary/aromatic N) is 1. The van der Waals surface area contributed by atoms with Crippen LogP contribution < -0.4 is 5.73 Å². The van der Waals surface area contributed by atoms with Crippen LogP contribution in [0.4, 0.5) is 0 Å². The first-order chi connectivity index (χ1) is 4.54. The Morgan fingerprint density at radius 3 is 2.80 bits per heavy atom. The summed E-state index contributed by atoms with van der Waals surface area (Å²) in [5, 5.41) is 7.94. The van der Waals surface area contributed by atoms with E-state index in [1.807, 2.05) is 0 Å². The van der Waals surface area contributed by atoms with Crippen molar-refractivity contribution in [2.24, 2.45) is 10.7 Å². The molecule has 0 amide bonds. The lowest BCUT2D eigenvalue weighted by Gasteiger charge is -2.18. The van der Waals surface area contributed by atoms with Gasteiger partial charge in [0, 0.05) is 0 Å². The maximum Gasteiger partial charge on any atom is 0.320 e. The Balaban J connectivity index is 2.75. The maximum atomic E-state index is 10.4. The van der Waals surface area contributed by atoms with E-state index in [4.69, 9.17) is 10.8 Å². The van der Waals surface area contributed by atoms with Gasteiger partial charge in [-0.25, -0.2) is 0 Å². The van der Waals surface area contributed by atoms with E-state index >= 15 is 0 Å². The predicted molar refractivity (Wildman–Crippen MR) is 40.1 cm³/mol. The SMILES string of the molecule is CC1(N)N=CSC1C(=O)O. The van der Waals surface area contributed by atoms with E-state index in [9.17, 15) is 4.79 Å². The number of aliphatic carboxylic acids is 1. The lowest BCUT2D eigenvalue weighted by Crippen LogP contribution is -2.45. The molecule has 1 heterocycles. The van der Waals surface area contributed by atoms with E-state index in [1.165, 1.54) is 5.55 Å². The Hall–Kier alpha value is -0.550. The minimum absolute atomic E-state index is 0.632. The van der Waals surface area contributed by atoms with E-state index in [1.54, 1.807) is 6.92 Å². The summed E-state index contributed by atoms with van der Waals surface area (Å²) in [5.41, 5.74) is 6.07. The summed E-state index contributed by atoms with van der Waals surface area (Å²) in [7, 11) is 0. The molecule has 2 atom stereocenters. The van der Waals surface area contributed by atoms with E-state index < -0.39 is 16.9 Å². The Morgan fingerprint density at radius 2 is 2.60 bits per heavy atom. The first-order valence-electron chi connectivity index (χ1n) is 2.75. The van der Waals surface area contributed by atoms with Gasteiger partial charge in [0.2, 0.25) is 0 Å². The molecule has 2 unspecified atom stereocenters. The fourth-order valence-corrected chi connectivity index (χ4v) is 1.58. The van der Waals surface area contributed by atoms with Crippen LogP contribution in [0.2, 0.25) is 0 Å². The highest BCUT2D eigenvalue weighted by atomic mass is 32.2. The Labute approximate surface area is 62.5 Å². The van der Waals surface area contributed by atoms with Crippen molar-refractivity contribution >= 4 is 23.3 Å². The largest absolute Gasteiger partial charge is 0.480 e. The number of hydrogen-bond donors (Lipinski definition) is 2. The predicted octanol–water partition coefficient (Wildman–Crippen LogP) is -0.110. The monoisotopic (exact) mass is 160 g/mol. The first-order valence-corrected chi connectivity index (χ1v) is 3.69. The van der Waals surface area contributed by atoms with Crippen molar-refractivity contribution < 1.29 is 9.90 Å². The number of aliphatic imine (C=N–C) groups is 1. The normalized spacial score (nSPS) is 38.4. The van der Waals surface area contributed by atoms with Crippen LogP contribution in [0.5, 0.6) is 0 Å². The van der Waals surface area contributed by atoms with Gasteiger partial charge in [-0.05, 0) is 6.92 Å². The molecule has 1 aliphatic heterocycles. The van der Waals surface area contributed by atoms with Gasteiger partial charge in [0.15, 0.2) is 0 Å². The smallest absolute Gasteiger partial charge is 0.320 e. The van der Waals surface area contributed by atoms with Crippen molar-refractivity contribution in [2.75, 3.05) is 0 Å². The molecule has 10 heavy (non-hydrogen) atoms. The molecule has 0 fully saturated rings. The molecular formula is C5H8N2O2S. The van der Waals surface area contributed by atoms with Gasteiger partial charge in [-0.2, -0.15) is 0 Å². The fourth-order valence-electron chi connectivity index (χ4n) is 0.718. The average Bonchev–Trinajstić information content (AvgIpc) is 2.08. The van der Waals surface area contributed by atoms with E-state index in [2.05, 4.69) is 4.99 Å². The van der Waals surface area contributed by atoms with E-state index in [0.717, 1.165) is 11.8 Å². The number of thioether (sulfide) groups is 1. The molecule has 0 radical (unpaired) electrons. The van der Waals surface area contributed by atoms with Crippen molar-refractivity contribution in [2.45, 2.75) is 17.8 Å². The molecule has 3 N–H and O–H groups in total. The zero-order chi connectivity index (χ0) is 7.78. The highest BCUT2D eigenvalue weighted by molar-refractivity contribution is 8.13. The number of rotatable bonds is 1. The molecule has 0 saturated carbocycles. The molecule has 56 valence electrons. The van der Waals surface area contributed by atoms with Gasteiger partial charge in [-0.3, -0.25) is 9.79 Å². The molecule has 0 aromatic rings. The maximum absolute atomic E-state index is 10.4. The van der Waals surface area contributed by atoms with Gasteiger partial charge in [-0.1, -0.05) is 11.8 Å². The van der Waals surface area contributed by atoms with Crippen LogP contribution in [0.25, 0.3) is 0 Å². The van der Waals surface area contributed by atoms with E-state index in [0.29, 0.717) is 0 Å². The summed E-state index contributed by atoms with van der Waals surface area (Å²) in [6.07, 6.45) is 0. The number of carboxylic acid groups (broad SMARTS) is 1. The summed E-state index contributed by atoms with van der Waals surface area (Å²) < 4.78 is 0. The van der Waals surface area contributed by atoms with Gasteiger partial charge in [0.25, 0.3) is 0 Å². The van der Waals surface area contributed by atoms with Gasteiger partial charge in [0.1, 0.15) is 10.9 Å².